The quantitative estimate of drug-likeness (QED) is 0.232. The van der Waals surface area contributed by atoms with E-state index in [1.165, 1.54) is 6.07 Å². The first-order valence-electron chi connectivity index (χ1n) is 12.1. The summed E-state index contributed by atoms with van der Waals surface area (Å²) >= 11 is 0. The van der Waals surface area contributed by atoms with Gasteiger partial charge in [0.05, 0.1) is 22.5 Å². The Labute approximate surface area is 212 Å². The van der Waals surface area contributed by atoms with Crippen LogP contribution in [0.15, 0.2) is 78.0 Å². The van der Waals surface area contributed by atoms with Crippen molar-refractivity contribution in [3.8, 4) is 11.5 Å². The van der Waals surface area contributed by atoms with Crippen LogP contribution in [0, 0.1) is 0 Å². The lowest BCUT2D eigenvalue weighted by molar-refractivity contribution is -0.137. The van der Waals surface area contributed by atoms with Gasteiger partial charge < -0.3 is 19.4 Å². The second-order valence-electron chi connectivity index (χ2n) is 8.97. The van der Waals surface area contributed by atoms with Crippen molar-refractivity contribution in [2.24, 2.45) is 4.99 Å². The third-order valence-corrected chi connectivity index (χ3v) is 6.29. The van der Waals surface area contributed by atoms with E-state index in [1.807, 2.05) is 47.2 Å². The molecule has 37 heavy (non-hydrogen) atoms. The number of hydrogen-bond donors (Lipinski definition) is 1. The number of ether oxygens (including phenoxy) is 2. The maximum absolute atomic E-state index is 13.0. The normalized spacial score (nSPS) is 15.3. The van der Waals surface area contributed by atoms with Crippen LogP contribution < -0.4 is 10.1 Å². The summed E-state index contributed by atoms with van der Waals surface area (Å²) in [4.78, 5) is 8.84. The van der Waals surface area contributed by atoms with E-state index < -0.39 is 11.7 Å². The number of aromatic nitrogens is 2. The van der Waals surface area contributed by atoms with E-state index >= 15 is 0 Å². The van der Waals surface area contributed by atoms with Crippen LogP contribution >= 0.6 is 0 Å². The van der Waals surface area contributed by atoms with Gasteiger partial charge in [-0.25, -0.2) is 4.99 Å². The van der Waals surface area contributed by atoms with Crippen molar-refractivity contribution in [3.05, 3.63) is 84.3 Å². The maximum Gasteiger partial charge on any atom is 0.416 e. The Balaban J connectivity index is 1.29. The van der Waals surface area contributed by atoms with E-state index in [9.17, 15) is 13.2 Å². The summed E-state index contributed by atoms with van der Waals surface area (Å²) in [6.07, 6.45) is 1.17. The predicted octanol–water partition coefficient (Wildman–Crippen LogP) is 6.71. The fraction of sp³-hybridized carbons (Fsp3) is 0.286. The predicted molar refractivity (Wildman–Crippen MR) is 137 cm³/mol. The zero-order valence-corrected chi connectivity index (χ0v) is 20.3. The van der Waals surface area contributed by atoms with Crippen molar-refractivity contribution in [1.29, 1.82) is 0 Å². The highest BCUT2D eigenvalue weighted by molar-refractivity contribution is 5.95. The summed E-state index contributed by atoms with van der Waals surface area (Å²) in [7, 11) is 0. The molecule has 1 fully saturated rings. The molecule has 1 saturated heterocycles. The maximum atomic E-state index is 13.0. The highest BCUT2D eigenvalue weighted by Crippen LogP contribution is 2.32. The molecule has 0 amide bonds. The third kappa shape index (κ3) is 6.18. The lowest BCUT2D eigenvalue weighted by Gasteiger charge is -2.23. The van der Waals surface area contributed by atoms with Crippen LogP contribution in [0.1, 0.15) is 31.0 Å². The molecule has 6 nitrogen and oxygen atoms in total. The molecule has 0 bridgehead atoms. The van der Waals surface area contributed by atoms with Crippen LogP contribution in [-0.4, -0.2) is 34.6 Å². The number of rotatable bonds is 6. The van der Waals surface area contributed by atoms with Gasteiger partial charge in [-0.05, 0) is 68.3 Å². The van der Waals surface area contributed by atoms with Crippen LogP contribution in [-0.2, 0) is 17.5 Å². The van der Waals surface area contributed by atoms with Gasteiger partial charge in [-0.1, -0.05) is 6.07 Å². The van der Waals surface area contributed by atoms with Gasteiger partial charge in [-0.3, -0.25) is 4.98 Å². The summed E-state index contributed by atoms with van der Waals surface area (Å²) < 4.78 is 52.5. The molecule has 0 aliphatic carbocycles. The summed E-state index contributed by atoms with van der Waals surface area (Å²) in [6, 6.07) is 16.8. The van der Waals surface area contributed by atoms with Crippen molar-refractivity contribution in [2.75, 3.05) is 13.2 Å². The minimum Gasteiger partial charge on any atom is -0.457 e. The minimum absolute atomic E-state index is 0.244. The van der Waals surface area contributed by atoms with Gasteiger partial charge in [0, 0.05) is 49.6 Å². The molecular formula is C28H27F3N4O2. The van der Waals surface area contributed by atoms with Gasteiger partial charge in [0.1, 0.15) is 17.3 Å². The average molecular weight is 509 g/mol. The molecule has 0 spiro atoms. The van der Waals surface area contributed by atoms with Gasteiger partial charge in [0.15, 0.2) is 0 Å². The molecule has 0 atom stereocenters. The Morgan fingerprint density at radius 3 is 2.70 bits per heavy atom. The molecule has 192 valence electrons. The number of fused-ring (bicyclic) bond motifs is 1. The number of pyridine rings is 1. The molecule has 2 aromatic carbocycles. The Hall–Kier alpha value is -3.69. The molecule has 0 radical (unpaired) electrons. The first-order valence-corrected chi connectivity index (χ1v) is 12.1. The van der Waals surface area contributed by atoms with Gasteiger partial charge in [-0.15, -0.1) is 0 Å². The standard InChI is InChI=1S/C28H27F3N4O2/c1-19(34-23-4-2-3-21(16-23)28(29,30)31)35-12-8-20-15-25(5-6-27(20)35)37-26-7-11-32-24(17-26)18-33-22-9-13-36-14-10-22/h2-8,11-12,15-17,22,33H,9-10,13-14,18H2,1H3. The number of halogens is 3. The van der Waals surface area contributed by atoms with E-state index in [1.54, 1.807) is 19.2 Å². The monoisotopic (exact) mass is 508 g/mol. The Morgan fingerprint density at radius 1 is 1.08 bits per heavy atom. The molecular weight excluding hydrogens is 481 g/mol. The molecule has 0 saturated carbocycles. The molecule has 0 unspecified atom stereocenters. The summed E-state index contributed by atoms with van der Waals surface area (Å²) in [6.45, 7) is 4.00. The van der Waals surface area contributed by atoms with E-state index in [4.69, 9.17) is 9.47 Å². The second-order valence-corrected chi connectivity index (χ2v) is 8.97. The Morgan fingerprint density at radius 2 is 1.89 bits per heavy atom. The molecule has 1 aliphatic heterocycles. The largest absolute Gasteiger partial charge is 0.457 e. The van der Waals surface area contributed by atoms with E-state index in [2.05, 4.69) is 15.3 Å². The first-order chi connectivity index (χ1) is 17.8. The summed E-state index contributed by atoms with van der Waals surface area (Å²) in [5.74, 6) is 1.92. The van der Waals surface area contributed by atoms with E-state index in [0.29, 0.717) is 29.9 Å². The van der Waals surface area contributed by atoms with Gasteiger partial charge >= 0.3 is 6.18 Å². The summed E-state index contributed by atoms with van der Waals surface area (Å²) in [5.41, 5.74) is 1.29. The van der Waals surface area contributed by atoms with Gasteiger partial charge in [0.25, 0.3) is 0 Å². The van der Waals surface area contributed by atoms with Crippen LogP contribution in [0.5, 0.6) is 11.5 Å². The minimum atomic E-state index is -4.41. The van der Waals surface area contributed by atoms with Crippen LogP contribution in [0.2, 0.25) is 0 Å². The number of nitrogens with zero attached hydrogens (tertiary/aromatic N) is 3. The molecule has 2 aromatic heterocycles. The van der Waals surface area contributed by atoms with Crippen LogP contribution in [0.4, 0.5) is 18.9 Å². The molecule has 3 heterocycles. The zero-order chi connectivity index (χ0) is 25.8. The molecule has 4 aromatic rings. The van der Waals surface area contributed by atoms with Crippen molar-refractivity contribution < 1.29 is 22.6 Å². The van der Waals surface area contributed by atoms with Crippen molar-refractivity contribution >= 4 is 22.4 Å². The average Bonchev–Trinajstić information content (AvgIpc) is 3.31. The van der Waals surface area contributed by atoms with Crippen molar-refractivity contribution in [2.45, 2.75) is 38.5 Å². The number of alkyl halides is 3. The Kier molecular flexibility index (Phi) is 7.25. The van der Waals surface area contributed by atoms with Gasteiger partial charge in [0.2, 0.25) is 0 Å². The fourth-order valence-corrected chi connectivity index (χ4v) is 4.36. The van der Waals surface area contributed by atoms with E-state index in [-0.39, 0.29) is 5.69 Å². The van der Waals surface area contributed by atoms with E-state index in [0.717, 1.165) is 54.8 Å². The molecule has 1 aliphatic rings. The molecule has 1 N–H and O–H groups in total. The SMILES string of the molecule is CC(=Nc1cccc(C(F)(F)F)c1)n1ccc2cc(Oc3ccnc(CNC4CCOCC4)c3)ccc21. The lowest BCUT2D eigenvalue weighted by Crippen LogP contribution is -2.34. The molecule has 9 heteroatoms. The van der Waals surface area contributed by atoms with Crippen molar-refractivity contribution in [1.82, 2.24) is 14.9 Å². The highest BCUT2D eigenvalue weighted by Gasteiger charge is 2.30. The number of aliphatic imine (C=N–C) groups is 1. The highest BCUT2D eigenvalue weighted by atomic mass is 19.4. The third-order valence-electron chi connectivity index (χ3n) is 6.29. The summed E-state index contributed by atoms with van der Waals surface area (Å²) in [5, 5.41) is 4.45. The van der Waals surface area contributed by atoms with Crippen LogP contribution in [0.25, 0.3) is 10.9 Å². The second kappa shape index (κ2) is 10.7. The first kappa shape index (κ1) is 25.0. The van der Waals surface area contributed by atoms with Crippen molar-refractivity contribution in [3.63, 3.8) is 0 Å². The number of nitrogens with one attached hydrogen (secondary N) is 1. The zero-order valence-electron chi connectivity index (χ0n) is 20.3. The number of benzene rings is 2. The number of hydrogen-bond acceptors (Lipinski definition) is 5. The van der Waals surface area contributed by atoms with Crippen LogP contribution in [0.3, 0.4) is 0 Å². The fourth-order valence-electron chi connectivity index (χ4n) is 4.36. The molecule has 5 rings (SSSR count). The lowest BCUT2D eigenvalue weighted by atomic mass is 10.1. The van der Waals surface area contributed by atoms with Gasteiger partial charge in [-0.2, -0.15) is 13.2 Å². The Bertz CT molecular complexity index is 1410. The smallest absolute Gasteiger partial charge is 0.416 e. The topological polar surface area (TPSA) is 60.7 Å².